The van der Waals surface area contributed by atoms with Gasteiger partial charge in [0.1, 0.15) is 11.3 Å². The lowest BCUT2D eigenvalue weighted by Crippen LogP contribution is -2.11. The van der Waals surface area contributed by atoms with Crippen molar-refractivity contribution in [2.75, 3.05) is 7.11 Å². The Bertz CT molecular complexity index is 371. The molecule has 1 rings (SSSR count). The van der Waals surface area contributed by atoms with Gasteiger partial charge in [-0.15, -0.1) is 0 Å². The first-order valence-corrected chi connectivity index (χ1v) is 4.37. The Balaban J connectivity index is 2.96. The van der Waals surface area contributed by atoms with Crippen molar-refractivity contribution in [3.8, 4) is 5.75 Å². The predicted molar refractivity (Wildman–Crippen MR) is 53.4 cm³/mol. The van der Waals surface area contributed by atoms with E-state index in [-0.39, 0.29) is 11.3 Å². The van der Waals surface area contributed by atoms with Gasteiger partial charge in [0, 0.05) is 0 Å². The van der Waals surface area contributed by atoms with Crippen LogP contribution in [0.15, 0.2) is 24.3 Å². The van der Waals surface area contributed by atoms with E-state index in [9.17, 15) is 9.59 Å². The van der Waals surface area contributed by atoms with Crippen LogP contribution in [-0.2, 0) is 9.53 Å². The third kappa shape index (κ3) is 2.80. The van der Waals surface area contributed by atoms with Gasteiger partial charge >= 0.3 is 11.9 Å². The number of para-hydroxylation sites is 1. The molecule has 0 fully saturated rings. The van der Waals surface area contributed by atoms with Gasteiger partial charge < -0.3 is 9.47 Å². The Morgan fingerprint density at radius 1 is 1.27 bits per heavy atom. The highest BCUT2D eigenvalue weighted by Crippen LogP contribution is 2.19. The summed E-state index contributed by atoms with van der Waals surface area (Å²) in [5, 5.41) is 0. The van der Waals surface area contributed by atoms with Crippen molar-refractivity contribution >= 4 is 11.9 Å². The summed E-state index contributed by atoms with van der Waals surface area (Å²) in [6.45, 7) is 1.56. The maximum absolute atomic E-state index is 11.3. The van der Waals surface area contributed by atoms with Gasteiger partial charge in [0.05, 0.1) is 13.5 Å². The third-order valence-corrected chi connectivity index (χ3v) is 1.74. The van der Waals surface area contributed by atoms with E-state index >= 15 is 0 Å². The number of benzene rings is 1. The van der Waals surface area contributed by atoms with E-state index in [4.69, 9.17) is 4.74 Å². The third-order valence-electron chi connectivity index (χ3n) is 1.74. The van der Waals surface area contributed by atoms with Gasteiger partial charge in [0.15, 0.2) is 0 Å². The molecule has 0 aliphatic carbocycles. The smallest absolute Gasteiger partial charge is 0.341 e. The van der Waals surface area contributed by atoms with Crippen LogP contribution in [0.4, 0.5) is 0 Å². The molecule has 0 aliphatic heterocycles. The molecule has 0 atom stereocenters. The molecule has 0 saturated heterocycles. The van der Waals surface area contributed by atoms with Gasteiger partial charge in [-0.3, -0.25) is 4.79 Å². The normalized spacial score (nSPS) is 9.47. The second-order valence-electron chi connectivity index (χ2n) is 2.70. The molecule has 0 N–H and O–H groups in total. The van der Waals surface area contributed by atoms with Crippen molar-refractivity contribution in [3.05, 3.63) is 36.2 Å². The first kappa shape index (κ1) is 11.2. The largest absolute Gasteiger partial charge is 0.465 e. The van der Waals surface area contributed by atoms with Crippen molar-refractivity contribution in [2.24, 2.45) is 0 Å². The van der Waals surface area contributed by atoms with E-state index in [1.165, 1.54) is 25.7 Å². The summed E-state index contributed by atoms with van der Waals surface area (Å²) in [5.74, 6) is -0.840. The van der Waals surface area contributed by atoms with E-state index in [0.717, 1.165) is 0 Å². The second-order valence-corrected chi connectivity index (χ2v) is 2.70. The average Bonchev–Trinajstić information content (AvgIpc) is 2.28. The van der Waals surface area contributed by atoms with Gasteiger partial charge in [-0.05, 0) is 12.1 Å². The van der Waals surface area contributed by atoms with Crippen LogP contribution >= 0.6 is 0 Å². The summed E-state index contributed by atoms with van der Waals surface area (Å²) in [5.41, 5.74) is 0.232. The van der Waals surface area contributed by atoms with Crippen LogP contribution in [0.3, 0.4) is 0 Å². The molecule has 0 spiro atoms. The number of carbonyl (C=O) groups is 2. The molecule has 4 heteroatoms. The molecule has 0 bridgehead atoms. The van der Waals surface area contributed by atoms with Gasteiger partial charge in [0.2, 0.25) is 0 Å². The lowest BCUT2D eigenvalue weighted by Gasteiger charge is -2.06. The van der Waals surface area contributed by atoms with Crippen molar-refractivity contribution in [2.45, 2.75) is 6.92 Å². The number of rotatable bonds is 3. The molecule has 0 aromatic heterocycles. The molecule has 0 aliphatic rings. The topological polar surface area (TPSA) is 52.6 Å². The monoisotopic (exact) mass is 207 g/mol. The highest BCUT2D eigenvalue weighted by Gasteiger charge is 2.14. The zero-order chi connectivity index (χ0) is 11.3. The molecular formula is C11H11O4. The molecule has 1 radical (unpaired) electrons. The fourth-order valence-corrected chi connectivity index (χ4v) is 1.00. The molecule has 0 amide bonds. The molecule has 15 heavy (non-hydrogen) atoms. The Hall–Kier alpha value is -1.84. The number of hydrogen-bond acceptors (Lipinski definition) is 4. The fraction of sp³-hybridized carbons (Fsp3) is 0.182. The number of ether oxygens (including phenoxy) is 2. The highest BCUT2D eigenvalue weighted by molar-refractivity contribution is 5.93. The molecule has 79 valence electrons. The van der Waals surface area contributed by atoms with Gasteiger partial charge in [0.25, 0.3) is 0 Å². The quantitative estimate of drug-likeness (QED) is 0.558. The van der Waals surface area contributed by atoms with E-state index < -0.39 is 11.9 Å². The predicted octanol–water partition coefficient (Wildman–Crippen LogP) is 1.60. The lowest BCUT2D eigenvalue weighted by atomic mass is 10.2. The van der Waals surface area contributed by atoms with E-state index in [1.807, 2.05) is 0 Å². The van der Waals surface area contributed by atoms with Crippen LogP contribution in [0.25, 0.3) is 0 Å². The van der Waals surface area contributed by atoms with Crippen LogP contribution in [0, 0.1) is 6.42 Å². The number of carbonyl (C=O) groups excluding carboxylic acids is 2. The maximum Gasteiger partial charge on any atom is 0.341 e. The molecule has 4 nitrogen and oxygen atoms in total. The Kier molecular flexibility index (Phi) is 3.85. The molecule has 0 saturated carbocycles. The maximum atomic E-state index is 11.3. The van der Waals surface area contributed by atoms with Crippen LogP contribution in [-0.4, -0.2) is 19.0 Å². The van der Waals surface area contributed by atoms with Crippen molar-refractivity contribution in [1.82, 2.24) is 0 Å². The Morgan fingerprint density at radius 2 is 1.93 bits per heavy atom. The molecule has 1 aromatic rings. The minimum absolute atomic E-state index is 0.201. The summed E-state index contributed by atoms with van der Waals surface area (Å²) >= 11 is 0. The van der Waals surface area contributed by atoms with Crippen LogP contribution in [0.5, 0.6) is 5.75 Å². The first-order valence-electron chi connectivity index (χ1n) is 4.37. The zero-order valence-electron chi connectivity index (χ0n) is 8.52. The first-order chi connectivity index (χ1) is 7.19. The van der Waals surface area contributed by atoms with E-state index in [0.29, 0.717) is 0 Å². The number of esters is 2. The highest BCUT2D eigenvalue weighted by atomic mass is 16.5. The SMILES string of the molecule is C[CH]C(=O)Oc1ccccc1C(=O)OC. The summed E-state index contributed by atoms with van der Waals surface area (Å²) in [6.07, 6.45) is 1.27. The van der Waals surface area contributed by atoms with Gasteiger partial charge in [-0.25, -0.2) is 4.79 Å². The lowest BCUT2D eigenvalue weighted by molar-refractivity contribution is -0.130. The molecular weight excluding hydrogens is 196 g/mol. The molecule has 0 unspecified atom stereocenters. The van der Waals surface area contributed by atoms with Gasteiger partial charge in [-0.1, -0.05) is 19.1 Å². The van der Waals surface area contributed by atoms with Crippen LogP contribution in [0.2, 0.25) is 0 Å². The van der Waals surface area contributed by atoms with Crippen molar-refractivity contribution < 1.29 is 19.1 Å². The fourth-order valence-electron chi connectivity index (χ4n) is 1.00. The Labute approximate surface area is 87.8 Å². The second kappa shape index (κ2) is 5.14. The van der Waals surface area contributed by atoms with E-state index in [2.05, 4.69) is 4.74 Å². The summed E-state index contributed by atoms with van der Waals surface area (Å²) in [6, 6.07) is 6.40. The van der Waals surface area contributed by atoms with Crippen molar-refractivity contribution in [1.29, 1.82) is 0 Å². The Morgan fingerprint density at radius 3 is 2.53 bits per heavy atom. The minimum atomic E-state index is -0.533. The van der Waals surface area contributed by atoms with Crippen LogP contribution < -0.4 is 4.74 Å². The minimum Gasteiger partial charge on any atom is -0.465 e. The molecule has 0 heterocycles. The zero-order valence-corrected chi connectivity index (χ0v) is 8.52. The average molecular weight is 207 g/mol. The molecule has 1 aromatic carbocycles. The van der Waals surface area contributed by atoms with E-state index in [1.54, 1.807) is 19.1 Å². The van der Waals surface area contributed by atoms with Crippen molar-refractivity contribution in [3.63, 3.8) is 0 Å². The number of methoxy groups -OCH3 is 1. The van der Waals surface area contributed by atoms with Crippen LogP contribution in [0.1, 0.15) is 17.3 Å². The standard InChI is InChI=1S/C11H11O4/c1-3-10(12)15-9-7-5-4-6-8(9)11(13)14-2/h3-7H,1-2H3. The van der Waals surface area contributed by atoms with Gasteiger partial charge in [-0.2, -0.15) is 0 Å². The summed E-state index contributed by atoms with van der Waals surface area (Å²) < 4.78 is 9.47. The summed E-state index contributed by atoms with van der Waals surface area (Å²) in [4.78, 5) is 22.3. The number of hydrogen-bond donors (Lipinski definition) is 0. The summed E-state index contributed by atoms with van der Waals surface area (Å²) in [7, 11) is 1.27.